The van der Waals surface area contributed by atoms with Gasteiger partial charge < -0.3 is 14.5 Å². The van der Waals surface area contributed by atoms with Gasteiger partial charge in [0.05, 0.1) is 39.1 Å². The number of hydrogen-bond acceptors (Lipinski definition) is 7. The number of carbonyl (C=O) groups excluding carboxylic acids is 2. The third kappa shape index (κ3) is 2.75. The van der Waals surface area contributed by atoms with Crippen LogP contribution in [0.5, 0.6) is 0 Å². The SMILES string of the molecule is O=C1NC(=O)C(c2c[nH]c3ccsc23)=C1c1nc(N2CCn3ccnc3C2)nc2ccccc12. The number of anilines is 1. The van der Waals surface area contributed by atoms with Crippen molar-refractivity contribution in [3.8, 4) is 0 Å². The van der Waals surface area contributed by atoms with Crippen molar-refractivity contribution in [1.29, 1.82) is 0 Å². The number of aromatic amines is 1. The van der Waals surface area contributed by atoms with Crippen molar-refractivity contribution >= 4 is 61.4 Å². The Balaban J connectivity index is 1.46. The van der Waals surface area contributed by atoms with E-state index in [1.165, 1.54) is 11.3 Å². The van der Waals surface area contributed by atoms with Crippen molar-refractivity contribution in [3.05, 3.63) is 71.4 Å². The lowest BCUT2D eigenvalue weighted by molar-refractivity contribution is -0.122. The number of para-hydroxylation sites is 1. The highest BCUT2D eigenvalue weighted by Crippen LogP contribution is 2.38. The first-order chi connectivity index (χ1) is 16.7. The van der Waals surface area contributed by atoms with Gasteiger partial charge in [0.15, 0.2) is 0 Å². The molecule has 10 heteroatoms. The number of nitrogens with one attached hydrogen (secondary N) is 2. The van der Waals surface area contributed by atoms with E-state index in [9.17, 15) is 9.59 Å². The fourth-order valence-electron chi connectivity index (χ4n) is 4.71. The lowest BCUT2D eigenvalue weighted by atomic mass is 9.99. The van der Waals surface area contributed by atoms with E-state index in [2.05, 4.69) is 24.8 Å². The average Bonchev–Trinajstić information content (AvgIpc) is 3.62. The quantitative estimate of drug-likeness (QED) is 0.395. The Morgan fingerprint density at radius 2 is 1.88 bits per heavy atom. The Labute approximate surface area is 196 Å². The second-order valence-corrected chi connectivity index (χ2v) is 9.16. The Morgan fingerprint density at radius 1 is 1.00 bits per heavy atom. The Bertz CT molecular complexity index is 1670. The first kappa shape index (κ1) is 19.2. The summed E-state index contributed by atoms with van der Waals surface area (Å²) in [6.45, 7) is 2.05. The average molecular weight is 468 g/mol. The van der Waals surface area contributed by atoms with E-state index in [4.69, 9.17) is 9.97 Å². The normalized spacial score (nSPS) is 16.1. The van der Waals surface area contributed by atoms with E-state index >= 15 is 0 Å². The Morgan fingerprint density at radius 3 is 2.82 bits per heavy atom. The van der Waals surface area contributed by atoms with Gasteiger partial charge in [-0.25, -0.2) is 15.0 Å². The van der Waals surface area contributed by atoms with Crippen LogP contribution in [0.25, 0.3) is 32.3 Å². The zero-order valence-electron chi connectivity index (χ0n) is 17.8. The molecule has 1 aromatic carbocycles. The molecule has 0 saturated carbocycles. The summed E-state index contributed by atoms with van der Waals surface area (Å²) < 4.78 is 3.04. The van der Waals surface area contributed by atoms with Gasteiger partial charge in [-0.3, -0.25) is 14.9 Å². The molecule has 0 aliphatic carbocycles. The molecule has 2 aliphatic rings. The number of thiophene rings is 1. The van der Waals surface area contributed by atoms with E-state index in [0.717, 1.165) is 28.0 Å². The molecule has 0 radical (unpaired) electrons. The number of benzene rings is 1. The molecule has 0 saturated heterocycles. The Hall–Kier alpha value is -4.31. The molecule has 0 atom stereocenters. The predicted octanol–water partition coefficient (Wildman–Crippen LogP) is 2.96. The zero-order chi connectivity index (χ0) is 22.8. The van der Waals surface area contributed by atoms with Crippen LogP contribution in [-0.4, -0.2) is 42.9 Å². The van der Waals surface area contributed by atoms with Crippen molar-refractivity contribution in [2.75, 3.05) is 11.4 Å². The van der Waals surface area contributed by atoms with Crippen LogP contribution in [0, 0.1) is 0 Å². The van der Waals surface area contributed by atoms with Crippen molar-refractivity contribution in [3.63, 3.8) is 0 Å². The van der Waals surface area contributed by atoms with Gasteiger partial charge in [0.1, 0.15) is 5.82 Å². The molecule has 0 bridgehead atoms. The van der Waals surface area contributed by atoms with E-state index in [0.29, 0.717) is 41.4 Å². The van der Waals surface area contributed by atoms with Crippen molar-refractivity contribution in [2.45, 2.75) is 13.1 Å². The number of carbonyl (C=O) groups is 2. The summed E-state index contributed by atoms with van der Waals surface area (Å²) in [4.78, 5) is 45.5. The monoisotopic (exact) mass is 467 g/mol. The van der Waals surface area contributed by atoms with Gasteiger partial charge in [-0.2, -0.15) is 0 Å². The number of aromatic nitrogens is 5. The van der Waals surface area contributed by atoms with Crippen molar-refractivity contribution in [1.82, 2.24) is 29.8 Å². The highest BCUT2D eigenvalue weighted by Gasteiger charge is 2.36. The fourth-order valence-corrected chi connectivity index (χ4v) is 5.59. The first-order valence-corrected chi connectivity index (χ1v) is 11.7. The minimum atomic E-state index is -0.449. The number of imidazole rings is 1. The van der Waals surface area contributed by atoms with E-state index in [1.54, 1.807) is 12.4 Å². The van der Waals surface area contributed by atoms with Crippen molar-refractivity contribution < 1.29 is 9.59 Å². The highest BCUT2D eigenvalue weighted by atomic mass is 32.1. The number of imide groups is 1. The third-order valence-electron chi connectivity index (χ3n) is 6.34. The summed E-state index contributed by atoms with van der Waals surface area (Å²) in [6, 6.07) is 9.53. The minimum Gasteiger partial charge on any atom is -0.360 e. The number of amides is 2. The molecule has 7 rings (SSSR count). The number of hydrogen-bond donors (Lipinski definition) is 2. The van der Waals surface area contributed by atoms with Crippen LogP contribution in [0.1, 0.15) is 17.1 Å². The molecule has 34 heavy (non-hydrogen) atoms. The summed E-state index contributed by atoms with van der Waals surface area (Å²) in [7, 11) is 0. The maximum Gasteiger partial charge on any atom is 0.261 e. The van der Waals surface area contributed by atoms with Crippen molar-refractivity contribution in [2.24, 2.45) is 0 Å². The standard InChI is InChI=1S/C24H17N7O2S/c32-22-18(14-11-26-16-5-10-34-21(14)16)19(23(33)29-22)20-13-3-1-2-4-15(13)27-24(28-20)31-9-8-30-7-6-25-17(30)12-31/h1-7,10-11,26H,8-9,12H2,(H,29,32,33). The summed E-state index contributed by atoms with van der Waals surface area (Å²) in [5.74, 6) is 0.580. The molecular weight excluding hydrogens is 450 g/mol. The third-order valence-corrected chi connectivity index (χ3v) is 7.29. The maximum absolute atomic E-state index is 13.1. The van der Waals surface area contributed by atoms with E-state index in [1.807, 2.05) is 41.9 Å². The van der Waals surface area contributed by atoms with Gasteiger partial charge in [-0.15, -0.1) is 11.3 Å². The topological polar surface area (TPSA) is 109 Å². The molecule has 0 unspecified atom stereocenters. The van der Waals surface area contributed by atoms with Crippen LogP contribution in [-0.2, 0) is 22.7 Å². The lowest BCUT2D eigenvalue weighted by Gasteiger charge is -2.28. The molecule has 2 N–H and O–H groups in total. The zero-order valence-corrected chi connectivity index (χ0v) is 18.6. The highest BCUT2D eigenvalue weighted by molar-refractivity contribution is 7.17. The lowest BCUT2D eigenvalue weighted by Crippen LogP contribution is -2.35. The minimum absolute atomic E-state index is 0.276. The number of H-pyrrole nitrogens is 1. The van der Waals surface area contributed by atoms with E-state index in [-0.39, 0.29) is 5.57 Å². The molecule has 0 spiro atoms. The summed E-state index contributed by atoms with van der Waals surface area (Å²) in [5.41, 5.74) is 3.41. The molecule has 5 aromatic rings. The molecule has 4 aromatic heterocycles. The van der Waals surface area contributed by atoms with Gasteiger partial charge in [0.25, 0.3) is 11.8 Å². The van der Waals surface area contributed by atoms with Crippen LogP contribution < -0.4 is 10.2 Å². The second-order valence-electron chi connectivity index (χ2n) is 8.25. The van der Waals surface area contributed by atoms with Crippen LogP contribution >= 0.6 is 11.3 Å². The van der Waals surface area contributed by atoms with Gasteiger partial charge in [0, 0.05) is 42.6 Å². The number of nitrogens with zero attached hydrogens (tertiary/aromatic N) is 5. The van der Waals surface area contributed by atoms with Gasteiger partial charge >= 0.3 is 0 Å². The predicted molar refractivity (Wildman–Crippen MR) is 129 cm³/mol. The van der Waals surface area contributed by atoms with Crippen LogP contribution in [0.2, 0.25) is 0 Å². The summed E-state index contributed by atoms with van der Waals surface area (Å²) in [6.07, 6.45) is 5.54. The van der Waals surface area contributed by atoms with Crippen LogP contribution in [0.15, 0.2) is 54.3 Å². The fraction of sp³-hybridized carbons (Fsp3) is 0.125. The molecular formula is C24H17N7O2S. The largest absolute Gasteiger partial charge is 0.360 e. The number of rotatable bonds is 3. The van der Waals surface area contributed by atoms with Gasteiger partial charge in [0.2, 0.25) is 5.95 Å². The maximum atomic E-state index is 13.1. The van der Waals surface area contributed by atoms with E-state index < -0.39 is 11.8 Å². The molecule has 0 fully saturated rings. The second kappa shape index (κ2) is 7.09. The smallest absolute Gasteiger partial charge is 0.261 e. The van der Waals surface area contributed by atoms with Crippen LogP contribution in [0.4, 0.5) is 5.95 Å². The molecule has 2 amide bonds. The molecule has 166 valence electrons. The molecule has 2 aliphatic heterocycles. The molecule has 6 heterocycles. The summed E-state index contributed by atoms with van der Waals surface area (Å²) >= 11 is 1.52. The van der Waals surface area contributed by atoms with Gasteiger partial charge in [-0.1, -0.05) is 18.2 Å². The molecule has 9 nitrogen and oxygen atoms in total. The summed E-state index contributed by atoms with van der Waals surface area (Å²) in [5, 5.41) is 5.16. The Kier molecular flexibility index (Phi) is 4.00. The van der Waals surface area contributed by atoms with Crippen LogP contribution in [0.3, 0.4) is 0 Å². The van der Waals surface area contributed by atoms with Gasteiger partial charge in [-0.05, 0) is 17.5 Å². The number of fused-ring (bicyclic) bond motifs is 3. The first-order valence-electron chi connectivity index (χ1n) is 10.8.